The van der Waals surface area contributed by atoms with Gasteiger partial charge >= 0.3 is 0 Å². The predicted octanol–water partition coefficient (Wildman–Crippen LogP) is 1.69. The van der Waals surface area contributed by atoms with E-state index in [2.05, 4.69) is 5.32 Å². The van der Waals surface area contributed by atoms with E-state index in [9.17, 15) is 4.39 Å². The van der Waals surface area contributed by atoms with Crippen molar-refractivity contribution in [1.82, 2.24) is 5.32 Å². The maximum atomic E-state index is 13.1. The second-order valence-electron chi connectivity index (χ2n) is 3.41. The molecule has 1 aromatic rings. The van der Waals surface area contributed by atoms with E-state index >= 15 is 0 Å². The second kappa shape index (κ2) is 5.73. The largest absolute Gasteiger partial charge is 0.393 e. The van der Waals surface area contributed by atoms with Crippen molar-refractivity contribution >= 4 is 0 Å². The van der Waals surface area contributed by atoms with Gasteiger partial charge in [0.1, 0.15) is 5.82 Å². The average Bonchev–Trinajstić information content (AvgIpc) is 2.15. The molecular weight excluding hydrogens is 181 g/mol. The molecule has 1 atom stereocenters. The average molecular weight is 197 g/mol. The molecule has 3 heteroatoms. The van der Waals surface area contributed by atoms with Crippen molar-refractivity contribution < 1.29 is 9.50 Å². The van der Waals surface area contributed by atoms with Gasteiger partial charge in [-0.25, -0.2) is 4.39 Å². The Bertz CT molecular complexity index is 276. The Kier molecular flexibility index (Phi) is 4.56. The van der Waals surface area contributed by atoms with Gasteiger partial charge in [0.2, 0.25) is 0 Å². The number of hydrogen-bond donors (Lipinski definition) is 2. The maximum absolute atomic E-state index is 13.1. The van der Waals surface area contributed by atoms with E-state index in [1.165, 1.54) is 6.07 Å². The predicted molar refractivity (Wildman–Crippen MR) is 54.4 cm³/mol. The zero-order valence-corrected chi connectivity index (χ0v) is 8.33. The van der Waals surface area contributed by atoms with Crippen molar-refractivity contribution in [3.05, 3.63) is 35.6 Å². The highest BCUT2D eigenvalue weighted by atomic mass is 19.1. The molecule has 14 heavy (non-hydrogen) atoms. The van der Waals surface area contributed by atoms with Crippen LogP contribution >= 0.6 is 0 Å². The fraction of sp³-hybridized carbons (Fsp3) is 0.455. The highest BCUT2D eigenvalue weighted by molar-refractivity contribution is 5.16. The van der Waals surface area contributed by atoms with Gasteiger partial charge in [0.25, 0.3) is 0 Å². The van der Waals surface area contributed by atoms with Crippen LogP contribution in [-0.2, 0) is 6.54 Å². The molecule has 1 aromatic carbocycles. The van der Waals surface area contributed by atoms with E-state index in [1.54, 1.807) is 19.1 Å². The molecule has 78 valence electrons. The normalized spacial score (nSPS) is 12.8. The number of nitrogens with one attached hydrogen (secondary N) is 1. The summed E-state index contributed by atoms with van der Waals surface area (Å²) >= 11 is 0. The summed E-state index contributed by atoms with van der Waals surface area (Å²) in [6.07, 6.45) is 0.386. The Morgan fingerprint density at radius 2 is 2.14 bits per heavy atom. The van der Waals surface area contributed by atoms with Gasteiger partial charge in [0.05, 0.1) is 6.10 Å². The van der Waals surface area contributed by atoms with Gasteiger partial charge in [-0.1, -0.05) is 18.2 Å². The first-order valence-electron chi connectivity index (χ1n) is 4.82. The van der Waals surface area contributed by atoms with Crippen LogP contribution in [0.3, 0.4) is 0 Å². The molecule has 0 bridgehead atoms. The lowest BCUT2D eigenvalue weighted by Crippen LogP contribution is -2.19. The molecule has 1 rings (SSSR count). The van der Waals surface area contributed by atoms with Crippen LogP contribution in [0.4, 0.5) is 4.39 Å². The highest BCUT2D eigenvalue weighted by Crippen LogP contribution is 2.05. The zero-order valence-electron chi connectivity index (χ0n) is 8.33. The summed E-state index contributed by atoms with van der Waals surface area (Å²) in [7, 11) is 0. The Morgan fingerprint density at radius 1 is 1.43 bits per heavy atom. The van der Waals surface area contributed by atoms with Crippen LogP contribution in [0.25, 0.3) is 0 Å². The van der Waals surface area contributed by atoms with Gasteiger partial charge in [-0.15, -0.1) is 0 Å². The summed E-state index contributed by atoms with van der Waals surface area (Å²) in [5, 5.41) is 12.1. The number of aliphatic hydroxyl groups excluding tert-OH is 1. The number of halogens is 1. The minimum absolute atomic E-state index is 0.183. The first kappa shape index (κ1) is 11.1. The van der Waals surface area contributed by atoms with Crippen LogP contribution in [0.1, 0.15) is 18.9 Å². The van der Waals surface area contributed by atoms with E-state index < -0.39 is 0 Å². The molecule has 0 aromatic heterocycles. The molecule has 0 saturated carbocycles. The number of aliphatic hydroxyl groups is 1. The third-order valence-corrected chi connectivity index (χ3v) is 2.01. The summed E-state index contributed by atoms with van der Waals surface area (Å²) in [6, 6.07) is 6.69. The molecule has 0 heterocycles. The van der Waals surface area contributed by atoms with Crippen molar-refractivity contribution in [2.75, 3.05) is 6.54 Å². The Balaban J connectivity index is 2.28. The van der Waals surface area contributed by atoms with Gasteiger partial charge in [-0.3, -0.25) is 0 Å². The first-order valence-corrected chi connectivity index (χ1v) is 4.82. The molecule has 0 unspecified atom stereocenters. The Hall–Kier alpha value is -0.930. The second-order valence-corrected chi connectivity index (χ2v) is 3.41. The van der Waals surface area contributed by atoms with E-state index in [1.807, 2.05) is 6.07 Å². The molecule has 0 radical (unpaired) electrons. The van der Waals surface area contributed by atoms with Crippen molar-refractivity contribution in [1.29, 1.82) is 0 Å². The topological polar surface area (TPSA) is 32.3 Å². The third-order valence-electron chi connectivity index (χ3n) is 2.01. The summed E-state index contributed by atoms with van der Waals surface area (Å²) in [4.78, 5) is 0. The molecular formula is C11H16FNO. The minimum Gasteiger partial charge on any atom is -0.393 e. The van der Waals surface area contributed by atoms with Crippen LogP contribution in [0, 0.1) is 5.82 Å². The van der Waals surface area contributed by atoms with Gasteiger partial charge in [-0.2, -0.15) is 0 Å². The fourth-order valence-electron chi connectivity index (χ4n) is 1.18. The summed E-state index contributed by atoms with van der Waals surface area (Å²) in [6.45, 7) is 2.95. The third kappa shape index (κ3) is 3.85. The summed E-state index contributed by atoms with van der Waals surface area (Å²) in [5.41, 5.74) is 0.665. The zero-order chi connectivity index (χ0) is 10.4. The van der Waals surface area contributed by atoms with Crippen LogP contribution in [0.15, 0.2) is 24.3 Å². The molecule has 0 saturated heterocycles. The lowest BCUT2D eigenvalue weighted by atomic mass is 10.2. The molecule has 0 amide bonds. The van der Waals surface area contributed by atoms with Crippen molar-refractivity contribution in [2.45, 2.75) is 26.0 Å². The Morgan fingerprint density at radius 3 is 2.79 bits per heavy atom. The Labute approximate surface area is 83.8 Å². The van der Waals surface area contributed by atoms with Crippen LogP contribution in [0.5, 0.6) is 0 Å². The van der Waals surface area contributed by atoms with Gasteiger partial charge in [-0.05, 0) is 26.0 Å². The van der Waals surface area contributed by atoms with Crippen LogP contribution in [0.2, 0.25) is 0 Å². The van der Waals surface area contributed by atoms with Gasteiger partial charge in [0.15, 0.2) is 0 Å². The monoisotopic (exact) mass is 197 g/mol. The fourth-order valence-corrected chi connectivity index (χ4v) is 1.18. The minimum atomic E-state index is -0.303. The lowest BCUT2D eigenvalue weighted by molar-refractivity contribution is 0.183. The van der Waals surface area contributed by atoms with E-state index in [4.69, 9.17) is 5.11 Å². The molecule has 2 nitrogen and oxygen atoms in total. The van der Waals surface area contributed by atoms with E-state index in [0.29, 0.717) is 25.1 Å². The SMILES string of the molecule is C[C@H](O)CCNCc1ccccc1F. The highest BCUT2D eigenvalue weighted by Gasteiger charge is 1.99. The quantitative estimate of drug-likeness (QED) is 0.704. The number of benzene rings is 1. The molecule has 2 N–H and O–H groups in total. The molecule has 0 aliphatic rings. The number of rotatable bonds is 5. The van der Waals surface area contributed by atoms with Crippen molar-refractivity contribution in [2.24, 2.45) is 0 Å². The molecule has 0 aliphatic carbocycles. The standard InChI is InChI=1S/C11H16FNO/c1-9(14)6-7-13-8-10-4-2-3-5-11(10)12/h2-5,9,13-14H,6-8H2,1H3/t9-/m0/s1. The molecule has 0 aliphatic heterocycles. The maximum Gasteiger partial charge on any atom is 0.127 e. The van der Waals surface area contributed by atoms with Crippen LogP contribution in [-0.4, -0.2) is 17.8 Å². The van der Waals surface area contributed by atoms with Gasteiger partial charge < -0.3 is 10.4 Å². The first-order chi connectivity index (χ1) is 6.70. The van der Waals surface area contributed by atoms with Gasteiger partial charge in [0, 0.05) is 12.1 Å². The molecule has 0 spiro atoms. The van der Waals surface area contributed by atoms with Crippen LogP contribution < -0.4 is 5.32 Å². The smallest absolute Gasteiger partial charge is 0.127 e. The number of hydrogen-bond acceptors (Lipinski definition) is 2. The summed E-state index contributed by atoms with van der Waals surface area (Å²) < 4.78 is 13.1. The molecule has 0 fully saturated rings. The van der Waals surface area contributed by atoms with E-state index in [-0.39, 0.29) is 11.9 Å². The summed E-state index contributed by atoms with van der Waals surface area (Å²) in [5.74, 6) is -0.183. The van der Waals surface area contributed by atoms with E-state index in [0.717, 1.165) is 0 Å². The lowest BCUT2D eigenvalue weighted by Gasteiger charge is -2.06. The van der Waals surface area contributed by atoms with Crippen molar-refractivity contribution in [3.63, 3.8) is 0 Å². The van der Waals surface area contributed by atoms with Crippen molar-refractivity contribution in [3.8, 4) is 0 Å².